The first kappa shape index (κ1) is 13.8. The minimum absolute atomic E-state index is 0.0695. The van der Waals surface area contributed by atoms with E-state index in [0.717, 1.165) is 6.07 Å². The number of nitrogens with two attached hydrogens (primary N) is 1. The number of phenolic OH excluding ortho intramolecular Hbond substituents is 1. The normalized spacial score (nSPS) is 11.3. The predicted molar refractivity (Wildman–Crippen MR) is 63.0 cm³/mol. The lowest BCUT2D eigenvalue weighted by Crippen LogP contribution is -2.26. The Morgan fingerprint density at radius 2 is 2.22 bits per heavy atom. The van der Waals surface area contributed by atoms with Crippen molar-refractivity contribution in [3.63, 3.8) is 0 Å². The van der Waals surface area contributed by atoms with Gasteiger partial charge < -0.3 is 21.4 Å². The summed E-state index contributed by atoms with van der Waals surface area (Å²) in [6, 6.07) is 3.29. The molecule has 0 heterocycles. The number of halogens is 1. The lowest BCUT2D eigenvalue weighted by atomic mass is 10.2. The minimum Gasteiger partial charge on any atom is -0.508 e. The molecule has 0 saturated heterocycles. The molecular formula is C11H14FN3O3. The van der Waals surface area contributed by atoms with Gasteiger partial charge in [-0.3, -0.25) is 4.79 Å². The van der Waals surface area contributed by atoms with Crippen molar-refractivity contribution >= 4 is 11.7 Å². The number of rotatable bonds is 5. The zero-order valence-electron chi connectivity index (χ0n) is 9.56. The van der Waals surface area contributed by atoms with E-state index in [9.17, 15) is 9.18 Å². The molecule has 5 N–H and O–H groups in total. The molecule has 1 aromatic carbocycles. The van der Waals surface area contributed by atoms with Crippen LogP contribution in [0.1, 0.15) is 23.2 Å². The summed E-state index contributed by atoms with van der Waals surface area (Å²) >= 11 is 0. The maximum atomic E-state index is 13.3. The quantitative estimate of drug-likeness (QED) is 0.205. The van der Waals surface area contributed by atoms with Gasteiger partial charge in [0, 0.05) is 19.0 Å². The topological polar surface area (TPSA) is 108 Å². The molecule has 18 heavy (non-hydrogen) atoms. The Hall–Kier alpha value is -2.31. The van der Waals surface area contributed by atoms with Crippen LogP contribution < -0.4 is 11.1 Å². The fraction of sp³-hybridized carbons (Fsp3) is 0.273. The van der Waals surface area contributed by atoms with Crippen LogP contribution in [-0.2, 0) is 0 Å². The number of carbonyl (C=O) groups is 1. The van der Waals surface area contributed by atoms with Crippen LogP contribution >= 0.6 is 0 Å². The Morgan fingerprint density at radius 1 is 1.50 bits per heavy atom. The molecule has 0 aliphatic rings. The minimum atomic E-state index is -0.788. The number of oxime groups is 1. The van der Waals surface area contributed by atoms with Crippen LogP contribution in [0.5, 0.6) is 5.75 Å². The fourth-order valence-corrected chi connectivity index (χ4v) is 1.30. The van der Waals surface area contributed by atoms with Gasteiger partial charge in [-0.25, -0.2) is 4.39 Å². The highest BCUT2D eigenvalue weighted by molar-refractivity contribution is 5.94. The second kappa shape index (κ2) is 6.43. The first-order valence-electron chi connectivity index (χ1n) is 5.27. The largest absolute Gasteiger partial charge is 0.508 e. The van der Waals surface area contributed by atoms with Gasteiger partial charge in [-0.2, -0.15) is 0 Å². The SMILES string of the molecule is N/C(CCCNC(=O)c1ccc(O)cc1F)=N/O. The van der Waals surface area contributed by atoms with Gasteiger partial charge in [-0.05, 0) is 18.6 Å². The highest BCUT2D eigenvalue weighted by Crippen LogP contribution is 2.14. The van der Waals surface area contributed by atoms with E-state index >= 15 is 0 Å². The van der Waals surface area contributed by atoms with E-state index in [-0.39, 0.29) is 23.7 Å². The van der Waals surface area contributed by atoms with E-state index < -0.39 is 11.7 Å². The third-order valence-electron chi connectivity index (χ3n) is 2.22. The van der Waals surface area contributed by atoms with Crippen molar-refractivity contribution in [1.82, 2.24) is 5.32 Å². The molecule has 0 atom stereocenters. The van der Waals surface area contributed by atoms with Crippen LogP contribution in [-0.4, -0.2) is 28.6 Å². The van der Waals surface area contributed by atoms with Crippen molar-refractivity contribution in [2.45, 2.75) is 12.8 Å². The van der Waals surface area contributed by atoms with E-state index in [1.807, 2.05) is 0 Å². The summed E-state index contributed by atoms with van der Waals surface area (Å²) in [4.78, 5) is 11.5. The molecule has 0 aromatic heterocycles. The maximum absolute atomic E-state index is 13.3. The second-order valence-electron chi connectivity index (χ2n) is 3.61. The monoisotopic (exact) mass is 255 g/mol. The molecule has 6 nitrogen and oxygen atoms in total. The van der Waals surface area contributed by atoms with Gasteiger partial charge in [0.1, 0.15) is 17.4 Å². The van der Waals surface area contributed by atoms with Gasteiger partial charge >= 0.3 is 0 Å². The van der Waals surface area contributed by atoms with Crippen LogP contribution in [0.2, 0.25) is 0 Å². The highest BCUT2D eigenvalue weighted by Gasteiger charge is 2.11. The number of aromatic hydroxyl groups is 1. The first-order chi connectivity index (χ1) is 8.54. The lowest BCUT2D eigenvalue weighted by Gasteiger charge is -2.06. The number of carbonyl (C=O) groups excluding carboxylic acids is 1. The zero-order valence-corrected chi connectivity index (χ0v) is 9.56. The molecule has 0 bridgehead atoms. The van der Waals surface area contributed by atoms with E-state index in [2.05, 4.69) is 10.5 Å². The second-order valence-corrected chi connectivity index (χ2v) is 3.61. The number of nitrogens with zero attached hydrogens (tertiary/aromatic N) is 1. The van der Waals surface area contributed by atoms with Crippen molar-refractivity contribution in [3.05, 3.63) is 29.6 Å². The number of phenols is 1. The van der Waals surface area contributed by atoms with Gasteiger partial charge in [0.05, 0.1) is 5.56 Å². The van der Waals surface area contributed by atoms with E-state index in [4.69, 9.17) is 16.0 Å². The Bertz CT molecular complexity index is 463. The maximum Gasteiger partial charge on any atom is 0.254 e. The van der Waals surface area contributed by atoms with Crippen LogP contribution in [0, 0.1) is 5.82 Å². The molecule has 98 valence electrons. The molecule has 1 aromatic rings. The molecule has 1 rings (SSSR count). The van der Waals surface area contributed by atoms with E-state index in [0.29, 0.717) is 12.8 Å². The molecular weight excluding hydrogens is 241 g/mol. The van der Waals surface area contributed by atoms with Crippen molar-refractivity contribution in [1.29, 1.82) is 0 Å². The molecule has 0 aliphatic carbocycles. The van der Waals surface area contributed by atoms with Gasteiger partial charge in [0.2, 0.25) is 0 Å². The zero-order chi connectivity index (χ0) is 13.5. The standard InChI is InChI=1S/C11H14FN3O3/c12-9-6-7(16)3-4-8(9)11(17)14-5-1-2-10(13)15-18/h3-4,6,16,18H,1-2,5H2,(H2,13,15)(H,14,17). The van der Waals surface area contributed by atoms with Crippen molar-refractivity contribution in [3.8, 4) is 5.75 Å². The third kappa shape index (κ3) is 3.93. The number of nitrogens with one attached hydrogen (secondary N) is 1. The Morgan fingerprint density at radius 3 is 2.83 bits per heavy atom. The summed E-state index contributed by atoms with van der Waals surface area (Å²) in [6.45, 7) is 0.273. The molecule has 0 radical (unpaired) electrons. The van der Waals surface area contributed by atoms with Crippen LogP contribution in [0.25, 0.3) is 0 Å². The average molecular weight is 255 g/mol. The van der Waals surface area contributed by atoms with Crippen LogP contribution in [0.3, 0.4) is 0 Å². The van der Waals surface area contributed by atoms with Crippen LogP contribution in [0.4, 0.5) is 4.39 Å². The molecule has 1 amide bonds. The molecule has 7 heteroatoms. The van der Waals surface area contributed by atoms with Gasteiger partial charge in [0.25, 0.3) is 5.91 Å². The molecule has 0 fully saturated rings. The van der Waals surface area contributed by atoms with Gasteiger partial charge in [0.15, 0.2) is 0 Å². The number of amides is 1. The summed E-state index contributed by atoms with van der Waals surface area (Å²) in [7, 11) is 0. The Kier molecular flexibility index (Phi) is 4.91. The number of hydrogen-bond donors (Lipinski definition) is 4. The smallest absolute Gasteiger partial charge is 0.254 e. The van der Waals surface area contributed by atoms with Gasteiger partial charge in [-0.15, -0.1) is 0 Å². The summed E-state index contributed by atoms with van der Waals surface area (Å²) in [5.41, 5.74) is 5.10. The van der Waals surface area contributed by atoms with E-state index in [1.165, 1.54) is 12.1 Å². The first-order valence-corrected chi connectivity index (χ1v) is 5.27. The van der Waals surface area contributed by atoms with Crippen molar-refractivity contribution in [2.75, 3.05) is 6.54 Å². The van der Waals surface area contributed by atoms with E-state index in [1.54, 1.807) is 0 Å². The summed E-state index contributed by atoms with van der Waals surface area (Å²) in [6.07, 6.45) is 0.802. The Labute approximate surface area is 103 Å². The summed E-state index contributed by atoms with van der Waals surface area (Å²) in [5.74, 6) is -1.54. The molecule has 0 unspecified atom stereocenters. The Balaban J connectivity index is 2.46. The number of hydrogen-bond acceptors (Lipinski definition) is 4. The summed E-state index contributed by atoms with van der Waals surface area (Å²) in [5, 5.41) is 22.6. The lowest BCUT2D eigenvalue weighted by molar-refractivity contribution is 0.0949. The number of amidine groups is 1. The fourth-order valence-electron chi connectivity index (χ4n) is 1.30. The predicted octanol–water partition coefficient (Wildman–Crippen LogP) is 0.788. The molecule has 0 saturated carbocycles. The van der Waals surface area contributed by atoms with Gasteiger partial charge in [-0.1, -0.05) is 5.16 Å². The number of benzene rings is 1. The van der Waals surface area contributed by atoms with Crippen molar-refractivity contribution < 1.29 is 19.5 Å². The summed E-state index contributed by atoms with van der Waals surface area (Å²) < 4.78 is 13.3. The van der Waals surface area contributed by atoms with Crippen LogP contribution in [0.15, 0.2) is 23.4 Å². The third-order valence-corrected chi connectivity index (χ3v) is 2.22. The highest BCUT2D eigenvalue weighted by atomic mass is 19.1. The average Bonchev–Trinajstić information content (AvgIpc) is 2.34. The molecule has 0 spiro atoms. The van der Waals surface area contributed by atoms with Crippen molar-refractivity contribution in [2.24, 2.45) is 10.9 Å². The molecule has 0 aliphatic heterocycles.